The molecule has 0 heterocycles. The Bertz CT molecular complexity index is 645. The average molecular weight is 273 g/mol. The molecule has 2 aromatic carbocycles. The van der Waals surface area contributed by atoms with Crippen LogP contribution in [0.15, 0.2) is 48.5 Å². The van der Waals surface area contributed by atoms with Gasteiger partial charge in [-0.25, -0.2) is 8.78 Å². The molecule has 0 fully saturated rings. The van der Waals surface area contributed by atoms with Gasteiger partial charge in [0.25, 0.3) is 0 Å². The van der Waals surface area contributed by atoms with Gasteiger partial charge in [-0.2, -0.15) is 0 Å². The van der Waals surface area contributed by atoms with Crippen molar-refractivity contribution in [2.24, 2.45) is 0 Å². The van der Waals surface area contributed by atoms with Crippen LogP contribution in [0.1, 0.15) is 11.1 Å². The zero-order valence-electron chi connectivity index (χ0n) is 10.9. The molecule has 1 amide bonds. The van der Waals surface area contributed by atoms with E-state index < -0.39 is 17.5 Å². The first-order valence-electron chi connectivity index (χ1n) is 6.06. The van der Waals surface area contributed by atoms with Crippen LogP contribution in [0.3, 0.4) is 0 Å². The molecule has 0 aliphatic rings. The number of rotatable bonds is 3. The van der Waals surface area contributed by atoms with Crippen molar-refractivity contribution in [3.63, 3.8) is 0 Å². The maximum atomic E-state index is 13.4. The van der Waals surface area contributed by atoms with Crippen LogP contribution in [0.4, 0.5) is 14.5 Å². The summed E-state index contributed by atoms with van der Waals surface area (Å²) in [5.41, 5.74) is 1.41. The highest BCUT2D eigenvalue weighted by Crippen LogP contribution is 2.14. The normalized spacial score (nSPS) is 10.8. The molecule has 0 aliphatic heterocycles. The number of hydrogen-bond donors (Lipinski definition) is 1. The van der Waals surface area contributed by atoms with Crippen LogP contribution >= 0.6 is 0 Å². The lowest BCUT2D eigenvalue weighted by atomic mass is 10.2. The molecule has 0 atom stereocenters. The van der Waals surface area contributed by atoms with E-state index in [1.807, 2.05) is 19.1 Å². The van der Waals surface area contributed by atoms with Gasteiger partial charge in [-0.3, -0.25) is 4.79 Å². The quantitative estimate of drug-likeness (QED) is 0.844. The second kappa shape index (κ2) is 6.10. The number of amides is 1. The maximum Gasteiger partial charge on any atom is 0.248 e. The van der Waals surface area contributed by atoms with Gasteiger partial charge in [-0.15, -0.1) is 0 Å². The zero-order valence-corrected chi connectivity index (χ0v) is 10.9. The van der Waals surface area contributed by atoms with Crippen LogP contribution in [0.2, 0.25) is 0 Å². The van der Waals surface area contributed by atoms with Crippen molar-refractivity contribution in [1.82, 2.24) is 0 Å². The fraction of sp³-hybridized carbons (Fsp3) is 0.0625. The van der Waals surface area contributed by atoms with E-state index >= 15 is 0 Å². The van der Waals surface area contributed by atoms with Gasteiger partial charge in [0.1, 0.15) is 11.6 Å². The van der Waals surface area contributed by atoms with E-state index in [1.54, 1.807) is 12.1 Å². The number of nitrogens with one attached hydrogen (secondary N) is 1. The molecule has 2 nitrogen and oxygen atoms in total. The van der Waals surface area contributed by atoms with E-state index in [0.29, 0.717) is 5.69 Å². The lowest BCUT2D eigenvalue weighted by molar-refractivity contribution is -0.111. The standard InChI is InChI=1S/C16H13F2NO/c1-11-4-2-5-12(10-11)19-16(20)9-8-13-14(17)6-3-7-15(13)18/h2-10H,1H3,(H,19,20)/b9-8+. The van der Waals surface area contributed by atoms with Gasteiger partial charge in [-0.1, -0.05) is 18.2 Å². The summed E-state index contributed by atoms with van der Waals surface area (Å²) in [5.74, 6) is -1.85. The number of anilines is 1. The van der Waals surface area contributed by atoms with Crippen molar-refractivity contribution in [1.29, 1.82) is 0 Å². The summed E-state index contributed by atoms with van der Waals surface area (Å²) in [6, 6.07) is 10.8. The molecule has 20 heavy (non-hydrogen) atoms. The van der Waals surface area contributed by atoms with Gasteiger partial charge >= 0.3 is 0 Å². The van der Waals surface area contributed by atoms with Crippen molar-refractivity contribution < 1.29 is 13.6 Å². The third-order valence-electron chi connectivity index (χ3n) is 2.69. The van der Waals surface area contributed by atoms with Gasteiger partial charge in [0, 0.05) is 17.3 Å². The predicted octanol–water partition coefficient (Wildman–Crippen LogP) is 3.93. The van der Waals surface area contributed by atoms with Crippen LogP contribution in [0, 0.1) is 18.6 Å². The molecule has 0 saturated heterocycles. The van der Waals surface area contributed by atoms with Gasteiger partial charge in [0.05, 0.1) is 0 Å². The minimum Gasteiger partial charge on any atom is -0.323 e. The Balaban J connectivity index is 2.10. The third kappa shape index (κ3) is 3.51. The Labute approximate surface area is 115 Å². The smallest absolute Gasteiger partial charge is 0.248 e. The highest BCUT2D eigenvalue weighted by atomic mass is 19.1. The summed E-state index contributed by atoms with van der Waals surface area (Å²) in [5, 5.41) is 2.62. The van der Waals surface area contributed by atoms with E-state index in [-0.39, 0.29) is 5.56 Å². The van der Waals surface area contributed by atoms with Crippen LogP contribution in [-0.4, -0.2) is 5.91 Å². The van der Waals surface area contributed by atoms with Crippen molar-refractivity contribution in [3.05, 3.63) is 71.3 Å². The topological polar surface area (TPSA) is 29.1 Å². The third-order valence-corrected chi connectivity index (χ3v) is 2.69. The Kier molecular flexibility index (Phi) is 4.25. The van der Waals surface area contributed by atoms with E-state index in [0.717, 1.165) is 29.8 Å². The van der Waals surface area contributed by atoms with Gasteiger partial charge in [-0.05, 0) is 42.8 Å². The zero-order chi connectivity index (χ0) is 14.5. The molecule has 0 unspecified atom stereocenters. The predicted molar refractivity (Wildman–Crippen MR) is 75.2 cm³/mol. The summed E-state index contributed by atoms with van der Waals surface area (Å²) in [6.07, 6.45) is 2.22. The number of hydrogen-bond acceptors (Lipinski definition) is 1. The van der Waals surface area contributed by atoms with E-state index in [1.165, 1.54) is 6.07 Å². The average Bonchev–Trinajstić information content (AvgIpc) is 2.38. The summed E-state index contributed by atoms with van der Waals surface area (Å²) < 4.78 is 26.7. The maximum absolute atomic E-state index is 13.4. The Morgan fingerprint density at radius 1 is 1.10 bits per heavy atom. The molecule has 0 spiro atoms. The minimum atomic E-state index is -0.704. The lowest BCUT2D eigenvalue weighted by Gasteiger charge is -2.03. The Morgan fingerprint density at radius 3 is 2.40 bits per heavy atom. The fourth-order valence-corrected chi connectivity index (χ4v) is 1.74. The highest BCUT2D eigenvalue weighted by Gasteiger charge is 2.05. The second-order valence-corrected chi connectivity index (χ2v) is 4.33. The van der Waals surface area contributed by atoms with Gasteiger partial charge < -0.3 is 5.32 Å². The summed E-state index contributed by atoms with van der Waals surface area (Å²) >= 11 is 0. The molecular weight excluding hydrogens is 260 g/mol. The molecule has 2 aromatic rings. The van der Waals surface area contributed by atoms with Crippen LogP contribution in [-0.2, 0) is 4.79 Å². The molecular formula is C16H13F2NO. The van der Waals surface area contributed by atoms with Crippen molar-refractivity contribution >= 4 is 17.7 Å². The molecule has 0 saturated carbocycles. The van der Waals surface area contributed by atoms with Crippen LogP contribution in [0.25, 0.3) is 6.08 Å². The SMILES string of the molecule is Cc1cccc(NC(=O)/C=C/c2c(F)cccc2F)c1. The summed E-state index contributed by atoms with van der Waals surface area (Å²) in [7, 11) is 0. The molecule has 0 radical (unpaired) electrons. The first-order valence-corrected chi connectivity index (χ1v) is 6.06. The molecule has 4 heteroatoms. The van der Waals surface area contributed by atoms with E-state index in [4.69, 9.17) is 0 Å². The Hall–Kier alpha value is -2.49. The summed E-state index contributed by atoms with van der Waals surface area (Å²) in [4.78, 5) is 11.7. The molecule has 0 aliphatic carbocycles. The monoisotopic (exact) mass is 273 g/mol. The van der Waals surface area contributed by atoms with Crippen LogP contribution in [0.5, 0.6) is 0 Å². The largest absolute Gasteiger partial charge is 0.323 e. The number of aryl methyl sites for hydroxylation is 1. The van der Waals surface area contributed by atoms with Crippen molar-refractivity contribution in [2.45, 2.75) is 6.92 Å². The van der Waals surface area contributed by atoms with E-state index in [2.05, 4.69) is 5.32 Å². The number of carbonyl (C=O) groups is 1. The number of carbonyl (C=O) groups excluding carboxylic acids is 1. The van der Waals surface area contributed by atoms with Gasteiger partial charge in [0.15, 0.2) is 0 Å². The molecule has 0 aromatic heterocycles. The number of halogens is 2. The molecule has 1 N–H and O–H groups in total. The lowest BCUT2D eigenvalue weighted by Crippen LogP contribution is -2.07. The first kappa shape index (κ1) is 13.9. The Morgan fingerprint density at radius 2 is 1.75 bits per heavy atom. The van der Waals surface area contributed by atoms with Gasteiger partial charge in [0.2, 0.25) is 5.91 Å². The molecule has 0 bridgehead atoms. The van der Waals surface area contributed by atoms with E-state index in [9.17, 15) is 13.6 Å². The fourth-order valence-electron chi connectivity index (χ4n) is 1.74. The van der Waals surface area contributed by atoms with Crippen molar-refractivity contribution in [2.75, 3.05) is 5.32 Å². The van der Waals surface area contributed by atoms with Crippen molar-refractivity contribution in [3.8, 4) is 0 Å². The molecule has 102 valence electrons. The molecule has 2 rings (SSSR count). The second-order valence-electron chi connectivity index (χ2n) is 4.33. The minimum absolute atomic E-state index is 0.230. The highest BCUT2D eigenvalue weighted by molar-refractivity contribution is 6.01. The number of benzene rings is 2. The van der Waals surface area contributed by atoms with Crippen LogP contribution < -0.4 is 5.32 Å². The first-order chi connectivity index (χ1) is 9.56. The summed E-state index contributed by atoms with van der Waals surface area (Å²) in [6.45, 7) is 1.90.